The predicted octanol–water partition coefficient (Wildman–Crippen LogP) is 3.13. The second kappa shape index (κ2) is 6.64. The van der Waals surface area contributed by atoms with Crippen LogP contribution >= 0.6 is 0 Å². The molecule has 0 atom stereocenters. The molecule has 0 aliphatic rings. The molecule has 1 heterocycles. The lowest BCUT2D eigenvalue weighted by Crippen LogP contribution is -2.13. The van der Waals surface area contributed by atoms with Crippen molar-refractivity contribution in [2.75, 3.05) is 12.4 Å². The van der Waals surface area contributed by atoms with Gasteiger partial charge >= 0.3 is 0 Å². The van der Waals surface area contributed by atoms with E-state index in [1.165, 1.54) is 13.2 Å². The van der Waals surface area contributed by atoms with Crippen LogP contribution in [0.15, 0.2) is 48.7 Å². The Morgan fingerprint density at radius 2 is 2.12 bits per heavy atom. The van der Waals surface area contributed by atoms with Crippen LogP contribution in [-0.2, 0) is 6.61 Å². The molecule has 5 nitrogen and oxygen atoms in total. The van der Waals surface area contributed by atoms with Gasteiger partial charge in [0.05, 0.1) is 24.8 Å². The van der Waals surface area contributed by atoms with Crippen molar-refractivity contribution in [2.45, 2.75) is 6.61 Å². The second-order valence-electron chi connectivity index (χ2n) is 5.17. The molecule has 0 saturated carbocycles. The number of aliphatic hydroxyl groups is 1. The van der Waals surface area contributed by atoms with Crippen LogP contribution in [0.25, 0.3) is 10.9 Å². The highest BCUT2D eigenvalue weighted by atomic mass is 19.1. The molecule has 3 aromatic rings. The summed E-state index contributed by atoms with van der Waals surface area (Å²) in [7, 11) is 1.50. The van der Waals surface area contributed by atoms with Crippen LogP contribution in [0, 0.1) is 5.82 Å². The molecule has 3 rings (SSSR count). The summed E-state index contributed by atoms with van der Waals surface area (Å²) in [5.41, 5.74) is 1.58. The molecule has 0 radical (unpaired) electrons. The van der Waals surface area contributed by atoms with Gasteiger partial charge in [0.2, 0.25) is 0 Å². The smallest absolute Gasteiger partial charge is 0.257 e. The summed E-state index contributed by atoms with van der Waals surface area (Å²) < 4.78 is 18.9. The number of halogens is 1. The van der Waals surface area contributed by atoms with Crippen molar-refractivity contribution in [1.29, 1.82) is 0 Å². The molecule has 2 N–H and O–H groups in total. The Kier molecular flexibility index (Phi) is 4.39. The number of carbonyl (C=O) groups is 1. The highest BCUT2D eigenvalue weighted by molar-refractivity contribution is 6.11. The first-order valence-electron chi connectivity index (χ1n) is 7.26. The number of amides is 1. The lowest BCUT2D eigenvalue weighted by molar-refractivity contribution is 0.102. The van der Waals surface area contributed by atoms with Crippen molar-refractivity contribution in [2.24, 2.45) is 0 Å². The van der Waals surface area contributed by atoms with Gasteiger partial charge in [-0.2, -0.15) is 0 Å². The minimum Gasteiger partial charge on any atom is -0.496 e. The molecule has 1 aromatic heterocycles. The fraction of sp³-hybridized carbons (Fsp3) is 0.111. The van der Waals surface area contributed by atoms with Gasteiger partial charge in [0.1, 0.15) is 11.6 Å². The zero-order valence-corrected chi connectivity index (χ0v) is 12.9. The second-order valence-corrected chi connectivity index (χ2v) is 5.17. The van der Waals surface area contributed by atoms with Crippen LogP contribution in [0.2, 0.25) is 0 Å². The zero-order chi connectivity index (χ0) is 17.1. The van der Waals surface area contributed by atoms with Crippen molar-refractivity contribution in [1.82, 2.24) is 4.98 Å². The molecule has 24 heavy (non-hydrogen) atoms. The molecule has 2 aromatic carbocycles. The lowest BCUT2D eigenvalue weighted by Gasteiger charge is -2.11. The third-order valence-electron chi connectivity index (χ3n) is 3.62. The molecule has 122 valence electrons. The van der Waals surface area contributed by atoms with Gasteiger partial charge in [-0.1, -0.05) is 6.07 Å². The van der Waals surface area contributed by atoms with Crippen LogP contribution in [0.5, 0.6) is 5.75 Å². The minimum atomic E-state index is -0.508. The van der Waals surface area contributed by atoms with E-state index in [1.807, 2.05) is 0 Å². The Labute approximate surface area is 137 Å². The Morgan fingerprint density at radius 3 is 2.88 bits per heavy atom. The summed E-state index contributed by atoms with van der Waals surface area (Å²) in [6, 6.07) is 10.7. The average molecular weight is 326 g/mol. The van der Waals surface area contributed by atoms with Gasteiger partial charge in [0.25, 0.3) is 5.91 Å². The first kappa shape index (κ1) is 15.9. The van der Waals surface area contributed by atoms with E-state index < -0.39 is 11.7 Å². The van der Waals surface area contributed by atoms with Crippen molar-refractivity contribution in [3.05, 3.63) is 65.6 Å². The third kappa shape index (κ3) is 3.04. The van der Waals surface area contributed by atoms with E-state index in [1.54, 1.807) is 36.5 Å². The molecule has 1 amide bonds. The summed E-state index contributed by atoms with van der Waals surface area (Å²) in [5, 5.41) is 12.6. The van der Waals surface area contributed by atoms with Crippen LogP contribution in [0.4, 0.5) is 10.1 Å². The topological polar surface area (TPSA) is 71.5 Å². The maximum absolute atomic E-state index is 13.8. The molecule has 0 bridgehead atoms. The number of ether oxygens (including phenoxy) is 1. The monoisotopic (exact) mass is 326 g/mol. The number of anilines is 1. The van der Waals surface area contributed by atoms with E-state index in [0.717, 1.165) is 6.07 Å². The molecule has 6 heteroatoms. The normalized spacial score (nSPS) is 10.6. The van der Waals surface area contributed by atoms with Gasteiger partial charge in [-0.15, -0.1) is 0 Å². The minimum absolute atomic E-state index is 0.145. The Balaban J connectivity index is 1.96. The molecule has 0 unspecified atom stereocenters. The number of fused-ring (bicyclic) bond motifs is 1. The van der Waals surface area contributed by atoms with E-state index in [-0.39, 0.29) is 12.2 Å². The summed E-state index contributed by atoms with van der Waals surface area (Å²) >= 11 is 0. The number of methoxy groups -OCH3 is 1. The van der Waals surface area contributed by atoms with E-state index >= 15 is 0 Å². The largest absolute Gasteiger partial charge is 0.496 e. The Morgan fingerprint density at radius 1 is 1.29 bits per heavy atom. The number of hydrogen-bond donors (Lipinski definition) is 2. The van der Waals surface area contributed by atoms with Crippen LogP contribution in [0.1, 0.15) is 15.9 Å². The average Bonchev–Trinajstić information content (AvgIpc) is 2.60. The number of aliphatic hydroxyl groups excluding tert-OH is 1. The molecular formula is C18H15FN2O3. The van der Waals surface area contributed by atoms with Crippen LogP contribution < -0.4 is 10.1 Å². The number of nitrogens with zero attached hydrogens (tertiary/aromatic N) is 1. The Hall–Kier alpha value is -2.99. The molecule has 0 saturated heterocycles. The zero-order valence-electron chi connectivity index (χ0n) is 12.9. The summed E-state index contributed by atoms with van der Waals surface area (Å²) in [6.45, 7) is -0.225. The number of rotatable bonds is 4. The van der Waals surface area contributed by atoms with Crippen molar-refractivity contribution >= 4 is 22.5 Å². The van der Waals surface area contributed by atoms with Gasteiger partial charge < -0.3 is 15.2 Å². The summed E-state index contributed by atoms with van der Waals surface area (Å²) in [6.07, 6.45) is 1.55. The highest BCUT2D eigenvalue weighted by Crippen LogP contribution is 2.24. The van der Waals surface area contributed by atoms with Crippen LogP contribution in [-0.4, -0.2) is 23.1 Å². The fourth-order valence-corrected chi connectivity index (χ4v) is 2.51. The number of hydrogen-bond acceptors (Lipinski definition) is 4. The predicted molar refractivity (Wildman–Crippen MR) is 88.6 cm³/mol. The van der Waals surface area contributed by atoms with E-state index in [0.29, 0.717) is 27.9 Å². The van der Waals surface area contributed by atoms with Gasteiger partial charge in [-0.25, -0.2) is 4.39 Å². The highest BCUT2D eigenvalue weighted by Gasteiger charge is 2.14. The third-order valence-corrected chi connectivity index (χ3v) is 3.62. The Bertz CT molecular complexity index is 912. The van der Waals surface area contributed by atoms with E-state index in [2.05, 4.69) is 10.3 Å². The van der Waals surface area contributed by atoms with Crippen molar-refractivity contribution in [3.8, 4) is 5.75 Å². The molecule has 0 spiro atoms. The first-order valence-corrected chi connectivity index (χ1v) is 7.26. The van der Waals surface area contributed by atoms with Gasteiger partial charge in [-0.3, -0.25) is 9.78 Å². The maximum atomic E-state index is 13.8. The fourth-order valence-electron chi connectivity index (χ4n) is 2.51. The number of benzene rings is 2. The number of nitrogens with one attached hydrogen (secondary N) is 1. The number of pyridine rings is 1. The SMILES string of the molecule is COc1ccc(NC(=O)c2cc(F)cc3cccnc23)cc1CO. The van der Waals surface area contributed by atoms with Crippen molar-refractivity contribution in [3.63, 3.8) is 0 Å². The standard InChI is InChI=1S/C18H15FN2O3/c1-24-16-5-4-14(8-12(16)10-22)21-18(23)15-9-13(19)7-11-3-2-6-20-17(11)15/h2-9,22H,10H2,1H3,(H,21,23). The van der Waals surface area contributed by atoms with Crippen molar-refractivity contribution < 1.29 is 19.0 Å². The van der Waals surface area contributed by atoms with Gasteiger partial charge in [0.15, 0.2) is 0 Å². The van der Waals surface area contributed by atoms with Gasteiger partial charge in [-0.05, 0) is 36.4 Å². The quantitative estimate of drug-likeness (QED) is 0.773. The molecule has 0 aliphatic heterocycles. The number of carbonyl (C=O) groups excluding carboxylic acids is 1. The van der Waals surface area contributed by atoms with Crippen LogP contribution in [0.3, 0.4) is 0 Å². The summed E-state index contributed by atoms with van der Waals surface area (Å²) in [5.74, 6) is -0.466. The first-order chi connectivity index (χ1) is 11.6. The maximum Gasteiger partial charge on any atom is 0.257 e. The molecule has 0 aliphatic carbocycles. The number of aromatic nitrogens is 1. The van der Waals surface area contributed by atoms with Gasteiger partial charge in [0, 0.05) is 22.8 Å². The lowest BCUT2D eigenvalue weighted by atomic mass is 10.1. The summed E-state index contributed by atoms with van der Waals surface area (Å²) in [4.78, 5) is 16.7. The molecular weight excluding hydrogens is 311 g/mol. The molecule has 0 fully saturated rings. The van der Waals surface area contributed by atoms with E-state index in [9.17, 15) is 14.3 Å². The van der Waals surface area contributed by atoms with E-state index in [4.69, 9.17) is 4.74 Å².